The molecular weight excluding hydrogens is 352 g/mol. The maximum atomic E-state index is 12.2. The number of sulfonamides is 1. The molecule has 138 valence electrons. The molecule has 2 N–H and O–H groups in total. The number of carbonyl (C=O) groups excluding carboxylic acids is 3. The Morgan fingerprint density at radius 1 is 1.12 bits per heavy atom. The first-order valence-electron chi connectivity index (χ1n) is 7.35. The molecule has 9 nitrogen and oxygen atoms in total. The zero-order chi connectivity index (χ0) is 19.0. The molecule has 1 aromatic carbocycles. The van der Waals surface area contributed by atoms with E-state index in [1.54, 1.807) is 32.9 Å². The Kier molecular flexibility index (Phi) is 7.52. The number of hydrogen-bond donors (Lipinski definition) is 2. The van der Waals surface area contributed by atoms with Gasteiger partial charge in [0.2, 0.25) is 10.0 Å². The van der Waals surface area contributed by atoms with Crippen molar-refractivity contribution in [3.63, 3.8) is 0 Å². The molecule has 0 aliphatic rings. The van der Waals surface area contributed by atoms with Gasteiger partial charge in [-0.1, -0.05) is 12.1 Å². The molecule has 1 aromatic rings. The number of nitrogens with one attached hydrogen (secondary N) is 2. The Bertz CT molecular complexity index is 759. The molecule has 25 heavy (non-hydrogen) atoms. The number of amides is 2. The molecule has 10 heteroatoms. The van der Waals surface area contributed by atoms with E-state index in [0.717, 1.165) is 5.56 Å². The SMILES string of the molecule is CCOC(=O)NC(=O)COC(=O)CNS(=O)(=O)c1cc(C)ccc1C. The summed E-state index contributed by atoms with van der Waals surface area (Å²) >= 11 is 0. The van der Waals surface area contributed by atoms with Crippen molar-refractivity contribution in [2.45, 2.75) is 25.7 Å². The van der Waals surface area contributed by atoms with Crippen LogP contribution in [0.1, 0.15) is 18.1 Å². The van der Waals surface area contributed by atoms with E-state index < -0.39 is 41.1 Å². The van der Waals surface area contributed by atoms with E-state index in [0.29, 0.717) is 5.56 Å². The lowest BCUT2D eigenvalue weighted by Crippen LogP contribution is -2.36. The van der Waals surface area contributed by atoms with Crippen LogP contribution in [0.25, 0.3) is 0 Å². The zero-order valence-corrected chi connectivity index (χ0v) is 14.9. The van der Waals surface area contributed by atoms with Crippen LogP contribution in [0.4, 0.5) is 4.79 Å². The van der Waals surface area contributed by atoms with Gasteiger partial charge in [0.1, 0.15) is 6.54 Å². The zero-order valence-electron chi connectivity index (χ0n) is 14.1. The van der Waals surface area contributed by atoms with E-state index in [1.807, 2.05) is 5.32 Å². The van der Waals surface area contributed by atoms with Crippen molar-refractivity contribution in [2.75, 3.05) is 19.8 Å². The van der Waals surface area contributed by atoms with E-state index in [4.69, 9.17) is 0 Å². The van der Waals surface area contributed by atoms with Gasteiger partial charge in [-0.25, -0.2) is 13.2 Å². The third-order valence-electron chi connectivity index (χ3n) is 2.92. The second kappa shape index (κ2) is 9.14. The fourth-order valence-corrected chi connectivity index (χ4v) is 3.04. The van der Waals surface area contributed by atoms with Crippen molar-refractivity contribution in [1.82, 2.24) is 10.0 Å². The standard InChI is InChI=1S/C15H20N2O7S/c1-4-23-15(20)17-13(18)9-24-14(19)8-16-25(21,22)12-7-10(2)5-6-11(12)3/h5-7,16H,4,8-9H2,1-3H3,(H,17,18,20). The van der Waals surface area contributed by atoms with Crippen LogP contribution in [0.2, 0.25) is 0 Å². The minimum Gasteiger partial charge on any atom is -0.455 e. The van der Waals surface area contributed by atoms with Crippen LogP contribution >= 0.6 is 0 Å². The second-order valence-electron chi connectivity index (χ2n) is 5.02. The first kappa shape index (κ1) is 20.6. The normalized spacial score (nSPS) is 10.8. The molecule has 1 rings (SSSR count). The highest BCUT2D eigenvalue weighted by atomic mass is 32.2. The van der Waals surface area contributed by atoms with Crippen molar-refractivity contribution in [2.24, 2.45) is 0 Å². The summed E-state index contributed by atoms with van der Waals surface area (Å²) in [5, 5.41) is 1.83. The van der Waals surface area contributed by atoms with Gasteiger partial charge in [0.25, 0.3) is 5.91 Å². The Balaban J connectivity index is 2.52. The minimum absolute atomic E-state index is 0.0559. The van der Waals surface area contributed by atoms with Gasteiger partial charge >= 0.3 is 12.1 Å². The molecule has 0 spiro atoms. The molecule has 0 fully saturated rings. The van der Waals surface area contributed by atoms with E-state index in [-0.39, 0.29) is 11.5 Å². The van der Waals surface area contributed by atoms with Gasteiger partial charge in [-0.05, 0) is 38.0 Å². The number of hydrogen-bond acceptors (Lipinski definition) is 7. The maximum absolute atomic E-state index is 12.2. The summed E-state index contributed by atoms with van der Waals surface area (Å²) in [7, 11) is -3.90. The molecule has 0 heterocycles. The number of rotatable bonds is 7. The first-order chi connectivity index (χ1) is 11.7. The monoisotopic (exact) mass is 372 g/mol. The quantitative estimate of drug-likeness (QED) is 0.663. The summed E-state index contributed by atoms with van der Waals surface area (Å²) in [5.74, 6) is -1.85. The molecule has 0 saturated heterocycles. The van der Waals surface area contributed by atoms with Crippen LogP contribution in [0.15, 0.2) is 23.1 Å². The van der Waals surface area contributed by atoms with E-state index in [2.05, 4.69) is 14.2 Å². The van der Waals surface area contributed by atoms with Crippen molar-refractivity contribution in [1.29, 1.82) is 0 Å². The highest BCUT2D eigenvalue weighted by Crippen LogP contribution is 2.16. The maximum Gasteiger partial charge on any atom is 0.413 e. The lowest BCUT2D eigenvalue weighted by molar-refractivity contribution is -0.147. The molecule has 0 bridgehead atoms. The van der Waals surface area contributed by atoms with Crippen LogP contribution < -0.4 is 10.0 Å². The van der Waals surface area contributed by atoms with Crippen LogP contribution in [0.3, 0.4) is 0 Å². The van der Waals surface area contributed by atoms with Crippen molar-refractivity contribution in [3.8, 4) is 0 Å². The third-order valence-corrected chi connectivity index (χ3v) is 4.46. The van der Waals surface area contributed by atoms with Gasteiger partial charge in [-0.15, -0.1) is 0 Å². The predicted molar refractivity (Wildman–Crippen MR) is 87.2 cm³/mol. The Morgan fingerprint density at radius 3 is 2.44 bits per heavy atom. The number of ether oxygens (including phenoxy) is 2. The van der Waals surface area contributed by atoms with Crippen molar-refractivity contribution < 1.29 is 32.3 Å². The lowest BCUT2D eigenvalue weighted by atomic mass is 10.2. The van der Waals surface area contributed by atoms with E-state index in [9.17, 15) is 22.8 Å². The average Bonchev–Trinajstić information content (AvgIpc) is 2.53. The smallest absolute Gasteiger partial charge is 0.413 e. The molecular formula is C15H20N2O7S. The third kappa shape index (κ3) is 6.89. The summed E-state index contributed by atoms with van der Waals surface area (Å²) in [6, 6.07) is 4.91. The van der Waals surface area contributed by atoms with Gasteiger partial charge in [0.05, 0.1) is 11.5 Å². The second-order valence-corrected chi connectivity index (χ2v) is 6.76. The Hall–Kier alpha value is -2.46. The summed E-state index contributed by atoms with van der Waals surface area (Å²) in [5.41, 5.74) is 1.28. The van der Waals surface area contributed by atoms with E-state index in [1.165, 1.54) is 6.07 Å². The first-order valence-corrected chi connectivity index (χ1v) is 8.83. The van der Waals surface area contributed by atoms with Gasteiger partial charge in [0, 0.05) is 0 Å². The predicted octanol–water partition coefficient (Wildman–Crippen LogP) is 0.398. The van der Waals surface area contributed by atoms with Crippen molar-refractivity contribution >= 4 is 28.0 Å². The number of benzene rings is 1. The largest absolute Gasteiger partial charge is 0.455 e. The number of carbonyl (C=O) groups is 3. The molecule has 0 radical (unpaired) electrons. The number of esters is 1. The van der Waals surface area contributed by atoms with Crippen molar-refractivity contribution in [3.05, 3.63) is 29.3 Å². The molecule has 0 unspecified atom stereocenters. The Morgan fingerprint density at radius 2 is 1.80 bits per heavy atom. The van der Waals surface area contributed by atoms with Gasteiger partial charge < -0.3 is 9.47 Å². The molecule has 2 amide bonds. The molecule has 0 aliphatic carbocycles. The van der Waals surface area contributed by atoms with Crippen LogP contribution in [0, 0.1) is 13.8 Å². The van der Waals surface area contributed by atoms with Crippen LogP contribution in [-0.2, 0) is 29.1 Å². The highest BCUT2D eigenvalue weighted by molar-refractivity contribution is 7.89. The van der Waals surface area contributed by atoms with Gasteiger partial charge in [0.15, 0.2) is 6.61 Å². The molecule has 0 aromatic heterocycles. The summed E-state index contributed by atoms with van der Waals surface area (Å²) in [4.78, 5) is 33.9. The highest BCUT2D eigenvalue weighted by Gasteiger charge is 2.19. The molecule has 0 atom stereocenters. The fraction of sp³-hybridized carbons (Fsp3) is 0.400. The van der Waals surface area contributed by atoms with Gasteiger partial charge in [-0.2, -0.15) is 4.72 Å². The number of alkyl carbamates (subject to hydrolysis) is 1. The average molecular weight is 372 g/mol. The van der Waals surface area contributed by atoms with E-state index >= 15 is 0 Å². The summed E-state index contributed by atoms with van der Waals surface area (Å²) < 4.78 is 35.6. The number of aryl methyl sites for hydroxylation is 2. The van der Waals surface area contributed by atoms with Crippen LogP contribution in [0.5, 0.6) is 0 Å². The topological polar surface area (TPSA) is 128 Å². The molecule has 0 saturated carbocycles. The fourth-order valence-electron chi connectivity index (χ4n) is 1.74. The van der Waals surface area contributed by atoms with Gasteiger partial charge in [-0.3, -0.25) is 14.9 Å². The van der Waals surface area contributed by atoms with Crippen LogP contribution in [-0.4, -0.2) is 46.1 Å². The number of imide groups is 1. The Labute approximate surface area is 145 Å². The summed E-state index contributed by atoms with van der Waals surface area (Å²) in [6.45, 7) is 3.64. The summed E-state index contributed by atoms with van der Waals surface area (Å²) in [6.07, 6.45) is -0.959. The molecule has 0 aliphatic heterocycles. The minimum atomic E-state index is -3.90. The lowest BCUT2D eigenvalue weighted by Gasteiger charge is -2.10.